The number of thioether (sulfide) groups is 1. The van der Waals surface area contributed by atoms with Gasteiger partial charge in [-0.1, -0.05) is 53.2 Å². The fraction of sp³-hybridized carbons (Fsp3) is 0.217. The number of hydrogen-bond acceptors (Lipinski definition) is 6. The van der Waals surface area contributed by atoms with Crippen molar-refractivity contribution in [2.24, 2.45) is 0 Å². The Morgan fingerprint density at radius 1 is 1.03 bits per heavy atom. The summed E-state index contributed by atoms with van der Waals surface area (Å²) in [5, 5.41) is 21.1. The van der Waals surface area contributed by atoms with E-state index in [1.165, 1.54) is 11.8 Å². The summed E-state index contributed by atoms with van der Waals surface area (Å²) in [4.78, 5) is 0. The summed E-state index contributed by atoms with van der Waals surface area (Å²) in [6.45, 7) is 1.00. The summed E-state index contributed by atoms with van der Waals surface area (Å²) in [5.41, 5.74) is 1.78. The fourth-order valence-corrected chi connectivity index (χ4v) is 4.21. The lowest BCUT2D eigenvalue weighted by Gasteiger charge is -2.13. The van der Waals surface area contributed by atoms with Crippen LogP contribution in [0, 0.1) is 0 Å². The van der Waals surface area contributed by atoms with Crippen molar-refractivity contribution in [3.63, 3.8) is 0 Å². The Morgan fingerprint density at radius 2 is 1.84 bits per heavy atom. The van der Waals surface area contributed by atoms with Gasteiger partial charge in [-0.3, -0.25) is 4.57 Å². The maximum atomic E-state index is 10.4. The number of aromatic nitrogens is 3. The maximum Gasteiger partial charge on any atom is 0.192 e. The quantitative estimate of drug-likeness (QED) is 0.294. The number of aliphatic hydroxyl groups is 1. The van der Waals surface area contributed by atoms with Gasteiger partial charge >= 0.3 is 0 Å². The van der Waals surface area contributed by atoms with Crippen molar-refractivity contribution in [2.75, 3.05) is 12.4 Å². The molecule has 0 saturated carbocycles. The molecule has 2 aromatic heterocycles. The third kappa shape index (κ3) is 5.94. The second kappa shape index (κ2) is 11.0. The molecular formula is C23H21Cl2N3O3S. The molecule has 0 amide bonds. The molecule has 1 N–H and O–H groups in total. The van der Waals surface area contributed by atoms with E-state index in [9.17, 15) is 5.11 Å². The standard InChI is InChI=1S/C23H21Cl2N3O3S/c24-18-9-7-16(8-10-18)22-26-27-23(28(22)12-20-5-3-11-31-20)32-15-19(29)14-30-13-17-4-1-2-6-21(17)25/h1-11,19,29H,12-15H2. The molecule has 4 aromatic rings. The second-order valence-electron chi connectivity index (χ2n) is 7.05. The smallest absolute Gasteiger partial charge is 0.192 e. The Labute approximate surface area is 200 Å². The molecule has 0 bridgehead atoms. The molecule has 166 valence electrons. The molecule has 0 aliphatic rings. The van der Waals surface area contributed by atoms with Crippen LogP contribution in [0.25, 0.3) is 11.4 Å². The van der Waals surface area contributed by atoms with Crippen molar-refractivity contribution in [3.8, 4) is 11.4 Å². The van der Waals surface area contributed by atoms with Gasteiger partial charge in [-0.15, -0.1) is 10.2 Å². The van der Waals surface area contributed by atoms with Crippen molar-refractivity contribution < 1.29 is 14.3 Å². The van der Waals surface area contributed by atoms with E-state index >= 15 is 0 Å². The van der Waals surface area contributed by atoms with E-state index in [1.54, 1.807) is 6.26 Å². The van der Waals surface area contributed by atoms with Gasteiger partial charge in [0.25, 0.3) is 0 Å². The van der Waals surface area contributed by atoms with Gasteiger partial charge in [-0.2, -0.15) is 0 Å². The van der Waals surface area contributed by atoms with Gasteiger partial charge < -0.3 is 14.3 Å². The lowest BCUT2D eigenvalue weighted by Crippen LogP contribution is -2.18. The maximum absolute atomic E-state index is 10.4. The molecule has 1 atom stereocenters. The van der Waals surface area contributed by atoms with Crippen LogP contribution in [0.3, 0.4) is 0 Å². The molecule has 0 spiro atoms. The van der Waals surface area contributed by atoms with Gasteiger partial charge in [-0.05, 0) is 48.0 Å². The summed E-state index contributed by atoms with van der Waals surface area (Å²) in [7, 11) is 0. The highest BCUT2D eigenvalue weighted by Gasteiger charge is 2.17. The van der Waals surface area contributed by atoms with E-state index < -0.39 is 6.10 Å². The van der Waals surface area contributed by atoms with Gasteiger partial charge in [0.2, 0.25) is 0 Å². The Morgan fingerprint density at radius 3 is 2.59 bits per heavy atom. The number of nitrogens with zero attached hydrogens (tertiary/aromatic N) is 3. The molecule has 6 nitrogen and oxygen atoms in total. The van der Waals surface area contributed by atoms with E-state index in [2.05, 4.69) is 10.2 Å². The monoisotopic (exact) mass is 489 g/mol. The van der Waals surface area contributed by atoms with Crippen molar-refractivity contribution in [1.29, 1.82) is 0 Å². The predicted molar refractivity (Wildman–Crippen MR) is 126 cm³/mol. The molecule has 1 unspecified atom stereocenters. The minimum atomic E-state index is -0.671. The molecule has 0 fully saturated rings. The van der Waals surface area contributed by atoms with Gasteiger partial charge in [0, 0.05) is 21.4 Å². The summed E-state index contributed by atoms with van der Waals surface area (Å²) in [5.74, 6) is 1.88. The normalized spacial score (nSPS) is 12.2. The van der Waals surface area contributed by atoms with Crippen LogP contribution in [0.15, 0.2) is 76.5 Å². The van der Waals surface area contributed by atoms with Crippen LogP contribution in [0.2, 0.25) is 10.0 Å². The molecule has 4 rings (SSSR count). The lowest BCUT2D eigenvalue weighted by molar-refractivity contribution is 0.0398. The molecular weight excluding hydrogens is 469 g/mol. The first-order valence-corrected chi connectivity index (χ1v) is 11.7. The summed E-state index contributed by atoms with van der Waals surface area (Å²) < 4.78 is 13.1. The van der Waals surface area contributed by atoms with E-state index in [0.717, 1.165) is 16.9 Å². The molecule has 0 saturated heterocycles. The van der Waals surface area contributed by atoms with Gasteiger partial charge in [0.15, 0.2) is 11.0 Å². The first kappa shape index (κ1) is 22.9. The van der Waals surface area contributed by atoms with E-state index in [0.29, 0.717) is 39.9 Å². The fourth-order valence-electron chi connectivity index (χ4n) is 3.05. The van der Waals surface area contributed by atoms with Crippen LogP contribution in [0.5, 0.6) is 0 Å². The van der Waals surface area contributed by atoms with Gasteiger partial charge in [0.1, 0.15) is 5.76 Å². The minimum absolute atomic E-state index is 0.189. The first-order chi connectivity index (χ1) is 15.6. The summed E-state index contributed by atoms with van der Waals surface area (Å²) in [6.07, 6.45) is 0.962. The number of furan rings is 1. The zero-order chi connectivity index (χ0) is 22.3. The first-order valence-electron chi connectivity index (χ1n) is 9.93. The van der Waals surface area contributed by atoms with Crippen LogP contribution in [0.1, 0.15) is 11.3 Å². The number of aliphatic hydroxyl groups excluding tert-OH is 1. The average Bonchev–Trinajstić information content (AvgIpc) is 3.45. The van der Waals surface area contributed by atoms with Gasteiger partial charge in [-0.25, -0.2) is 0 Å². The largest absolute Gasteiger partial charge is 0.467 e. The predicted octanol–water partition coefficient (Wildman–Crippen LogP) is 5.56. The van der Waals surface area contributed by atoms with E-state index in [-0.39, 0.29) is 6.61 Å². The summed E-state index contributed by atoms with van der Waals surface area (Å²) in [6, 6.07) is 18.7. The summed E-state index contributed by atoms with van der Waals surface area (Å²) >= 11 is 13.6. The molecule has 0 radical (unpaired) electrons. The molecule has 2 aromatic carbocycles. The van der Waals surface area contributed by atoms with Crippen LogP contribution >= 0.6 is 35.0 Å². The van der Waals surface area contributed by atoms with Crippen LogP contribution in [-0.2, 0) is 17.9 Å². The van der Waals surface area contributed by atoms with Crippen molar-refractivity contribution in [1.82, 2.24) is 14.8 Å². The van der Waals surface area contributed by atoms with E-state index in [4.69, 9.17) is 32.4 Å². The highest BCUT2D eigenvalue weighted by Crippen LogP contribution is 2.27. The van der Waals surface area contributed by atoms with Crippen LogP contribution in [-0.4, -0.2) is 38.3 Å². The van der Waals surface area contributed by atoms with Crippen molar-refractivity contribution >= 4 is 35.0 Å². The van der Waals surface area contributed by atoms with Crippen LogP contribution < -0.4 is 0 Å². The third-order valence-electron chi connectivity index (χ3n) is 4.64. The molecule has 0 aliphatic carbocycles. The van der Waals surface area contributed by atoms with Crippen molar-refractivity contribution in [3.05, 3.63) is 88.3 Å². The van der Waals surface area contributed by atoms with Crippen molar-refractivity contribution in [2.45, 2.75) is 24.4 Å². The zero-order valence-electron chi connectivity index (χ0n) is 17.0. The number of ether oxygens (including phenoxy) is 1. The second-order valence-corrected chi connectivity index (χ2v) is 8.88. The lowest BCUT2D eigenvalue weighted by atomic mass is 10.2. The Bertz CT molecular complexity index is 1130. The molecule has 0 aliphatic heterocycles. The SMILES string of the molecule is OC(COCc1ccccc1Cl)CSc1nnc(-c2ccc(Cl)cc2)n1Cc1ccco1. The number of rotatable bonds is 10. The third-order valence-corrected chi connectivity index (χ3v) is 6.38. The number of benzene rings is 2. The number of halogens is 2. The molecule has 32 heavy (non-hydrogen) atoms. The zero-order valence-corrected chi connectivity index (χ0v) is 19.4. The average molecular weight is 490 g/mol. The molecule has 9 heteroatoms. The van der Waals surface area contributed by atoms with E-state index in [1.807, 2.05) is 65.2 Å². The topological polar surface area (TPSA) is 73.3 Å². The van der Waals surface area contributed by atoms with Gasteiger partial charge in [0.05, 0.1) is 32.1 Å². The Balaban J connectivity index is 1.41. The Hall–Kier alpha value is -2.29. The minimum Gasteiger partial charge on any atom is -0.467 e. The highest BCUT2D eigenvalue weighted by molar-refractivity contribution is 7.99. The van der Waals surface area contributed by atoms with Crippen LogP contribution in [0.4, 0.5) is 0 Å². The Kier molecular flexibility index (Phi) is 7.89. The number of hydrogen-bond donors (Lipinski definition) is 1. The highest BCUT2D eigenvalue weighted by atomic mass is 35.5. The molecule has 2 heterocycles.